The zero-order valence-corrected chi connectivity index (χ0v) is 81.6. The normalized spacial score (nSPS) is 31.5. The first-order valence-corrected chi connectivity index (χ1v) is 45.8. The van der Waals surface area contributed by atoms with Crippen molar-refractivity contribution in [3.05, 3.63) is 86.7 Å². The summed E-state index contributed by atoms with van der Waals surface area (Å²) in [5, 5.41) is 10.2. The molecule has 6 aromatic rings. The van der Waals surface area contributed by atoms with Crippen LogP contribution in [0.3, 0.4) is 0 Å². The molecular formula is C94H120Cl3N12O15V3-3. The zero-order chi connectivity index (χ0) is 88.8. The van der Waals surface area contributed by atoms with Crippen LogP contribution in [0.2, 0.25) is 15.1 Å². The second kappa shape index (κ2) is 41.4. The molecule has 20 atom stereocenters. The van der Waals surface area contributed by atoms with E-state index in [2.05, 4.69) is 28.5 Å². The number of aryl methyl sites for hydroxylation is 3. The van der Waals surface area contributed by atoms with Crippen LogP contribution in [0.5, 0.6) is 17.6 Å². The second-order valence-electron chi connectivity index (χ2n) is 40.1. The van der Waals surface area contributed by atoms with Crippen molar-refractivity contribution in [3.63, 3.8) is 0 Å². The van der Waals surface area contributed by atoms with Crippen LogP contribution in [-0.4, -0.2) is 191 Å². The number of fused-ring (bicyclic) bond motifs is 17. The van der Waals surface area contributed by atoms with E-state index in [4.69, 9.17) is 93.1 Å². The molecule has 3 aromatic carbocycles. The SMILES string of the molecule is C[C@@H]1[C@@H]2CN(C(=O)[C@H](C(C)(C)C)NC(=O)O[C@@H]3CC4CC4[C@H]3CCCCCc3nc4ccc(Cl)cc4nc3O2)[C@@H]1[C-]=O.C[C@@H]1[C@@H]2CN(C(=O)[C@H](C(C)(C)C)NC(=O)O[C@]3(C)CCC[C@H]3CCCCCc3nc4ccc(Cl)cc4nc3O2)[C@@H]1[C-]=O.C[C@@H]1[C@@H]2CN(C(=O)[C@H](C(C)(C)C)NC(=O)O[C@]3(C)C[C@H]3CCCCCc3nc4ccc(Cl)cc4nc3O2)[C@@H]1[C-]=O.[V].[V].[V]. The largest absolute Gasteiger partial charge is 0.540 e. The van der Waals surface area contributed by atoms with Gasteiger partial charge in [0.25, 0.3) is 0 Å². The van der Waals surface area contributed by atoms with Gasteiger partial charge in [0.15, 0.2) is 0 Å². The van der Waals surface area contributed by atoms with E-state index in [9.17, 15) is 43.2 Å². The van der Waals surface area contributed by atoms with E-state index in [1.165, 1.54) is 21.1 Å². The molecule has 7 fully saturated rings. The Kier molecular flexibility index (Phi) is 32.7. The molecule has 2 unspecified atom stereocenters. The third kappa shape index (κ3) is 23.0. The van der Waals surface area contributed by atoms with Crippen molar-refractivity contribution in [1.82, 2.24) is 60.6 Å². The molecule has 6 amide bonds. The van der Waals surface area contributed by atoms with E-state index in [-0.39, 0.29) is 123 Å². The van der Waals surface area contributed by atoms with Crippen LogP contribution in [-0.2, 0) is 118 Å². The van der Waals surface area contributed by atoms with Crippen LogP contribution >= 0.6 is 34.8 Å². The summed E-state index contributed by atoms with van der Waals surface area (Å²) in [6, 6.07) is 11.0. The number of rotatable bonds is 3. The number of halogens is 3. The first kappa shape index (κ1) is 100. The Labute approximate surface area is 795 Å². The molecule has 3 aromatic heterocycles. The average Bonchev–Trinajstić information content (AvgIpc) is 1.58. The molecule has 3 radical (unpaired) electrons. The van der Waals surface area contributed by atoms with Crippen molar-refractivity contribution in [2.75, 3.05) is 19.6 Å². The minimum Gasteiger partial charge on any atom is -0.540 e. The Hall–Kier alpha value is -7.07. The van der Waals surface area contributed by atoms with E-state index in [0.717, 1.165) is 143 Å². The van der Waals surface area contributed by atoms with Crippen molar-refractivity contribution >= 4 is 123 Å². The first-order valence-electron chi connectivity index (χ1n) is 44.7. The van der Waals surface area contributed by atoms with Gasteiger partial charge in [-0.25, -0.2) is 63.1 Å². The molecule has 685 valence electrons. The fraction of sp³-hybridized carbons (Fsp3) is 0.649. The van der Waals surface area contributed by atoms with Crippen molar-refractivity contribution < 1.29 is 127 Å². The van der Waals surface area contributed by atoms with Crippen molar-refractivity contribution in [2.45, 2.75) is 304 Å². The monoisotopic (exact) mass is 1910 g/mol. The number of carbonyl (C=O) groups is 6. The number of nitrogens with zero attached hydrogens (tertiary/aromatic N) is 9. The molecule has 9 heterocycles. The molecule has 10 aliphatic rings. The molecule has 0 spiro atoms. The fourth-order valence-electron chi connectivity index (χ4n) is 20.0. The van der Waals surface area contributed by atoms with Crippen molar-refractivity contribution in [1.29, 1.82) is 0 Å². The average molecular weight is 1920 g/mol. The van der Waals surface area contributed by atoms with Crippen LogP contribution in [0.1, 0.15) is 230 Å². The molecule has 127 heavy (non-hydrogen) atoms. The maximum absolute atomic E-state index is 14.0. The maximum atomic E-state index is 14.0. The molecular weight excluding hydrogens is 1800 g/mol. The van der Waals surface area contributed by atoms with Crippen LogP contribution in [0, 0.1) is 63.6 Å². The summed E-state index contributed by atoms with van der Waals surface area (Å²) in [5.74, 6) is 1.21. The van der Waals surface area contributed by atoms with Gasteiger partial charge in [-0.05, 0) is 222 Å². The number of nitrogens with one attached hydrogen (secondary N) is 3. The van der Waals surface area contributed by atoms with Crippen LogP contribution < -0.4 is 30.2 Å². The summed E-state index contributed by atoms with van der Waals surface area (Å²) in [6.45, 7) is 27.0. The van der Waals surface area contributed by atoms with Crippen LogP contribution in [0.25, 0.3) is 33.1 Å². The summed E-state index contributed by atoms with van der Waals surface area (Å²) < 4.78 is 37.3. The molecule has 27 nitrogen and oxygen atoms in total. The number of carbonyl (C=O) groups excluding carboxylic acids is 9. The minimum atomic E-state index is -0.910. The zero-order valence-electron chi connectivity index (χ0n) is 75.2. The second-order valence-corrected chi connectivity index (χ2v) is 41.4. The Morgan fingerprint density at radius 3 is 1.12 bits per heavy atom. The Morgan fingerprint density at radius 1 is 0.402 bits per heavy atom. The summed E-state index contributed by atoms with van der Waals surface area (Å²) in [6.07, 6.45) is 22.2. The van der Waals surface area contributed by atoms with Crippen LogP contribution in [0.4, 0.5) is 14.4 Å². The molecule has 6 bridgehead atoms. The van der Waals surface area contributed by atoms with E-state index in [1.807, 2.05) is 121 Å². The van der Waals surface area contributed by atoms with Gasteiger partial charge >= 0.3 is 18.3 Å². The van der Waals surface area contributed by atoms with Crippen LogP contribution in [0.15, 0.2) is 54.6 Å². The molecule has 16 rings (SSSR count). The van der Waals surface area contributed by atoms with Gasteiger partial charge in [0, 0.05) is 76.7 Å². The molecule has 33 heteroatoms. The maximum Gasteiger partial charge on any atom is 0.408 e. The predicted octanol–water partition coefficient (Wildman–Crippen LogP) is 16.1. The number of alkyl carbamates (subject to hydrolysis) is 3. The molecule has 6 aliphatic heterocycles. The van der Waals surface area contributed by atoms with Gasteiger partial charge in [0.05, 0.1) is 52.7 Å². The van der Waals surface area contributed by atoms with Gasteiger partial charge in [-0.15, -0.1) is 0 Å². The smallest absolute Gasteiger partial charge is 0.408 e. The number of hydrogen-bond acceptors (Lipinski definition) is 21. The van der Waals surface area contributed by atoms with Gasteiger partial charge in [-0.2, -0.15) is 0 Å². The number of benzene rings is 3. The Morgan fingerprint density at radius 2 is 0.748 bits per heavy atom. The third-order valence-electron chi connectivity index (χ3n) is 27.8. The molecule has 3 saturated heterocycles. The van der Waals surface area contributed by atoms with E-state index < -0.39 is 100 Å². The summed E-state index contributed by atoms with van der Waals surface area (Å²) in [7, 11) is 0. The molecule has 3 N–H and O–H groups in total. The fourth-order valence-corrected chi connectivity index (χ4v) is 20.5. The number of ether oxygens (including phenoxy) is 6. The topological polar surface area (TPSA) is 332 Å². The summed E-state index contributed by atoms with van der Waals surface area (Å²) in [4.78, 5) is 152. The van der Waals surface area contributed by atoms with Gasteiger partial charge in [0.2, 0.25) is 35.4 Å². The summed E-state index contributed by atoms with van der Waals surface area (Å²) >= 11 is 18.7. The standard InChI is InChI=1S/C32H40ClN4O5.C32H42ClN4O5.C30H38ClN4O5.3V/c1-17-25(16-38)37-15-27(17)41-29-23(34-22-11-10-19(33)14-24(22)35-29)9-7-5-6-8-20-21-12-18(21)13-26(20)42-31(40)36-28(30(37)39)32(2,3)4;1-19-25(18-38)37-17-26(19)41-28-23(34-22-14-13-21(33)16-24(22)35-28)12-8-6-7-10-20-11-9-15-32(20,5)42-30(40)36-27(29(37)39)31(2,3)4;1-17-23(16-36)35-15-24(17)39-26-21(32-20-12-11-19(31)13-22(20)33-26)10-8-6-7-9-18-14-30(18,5)40-28(38)34-25(27(35)37)29(2,3)4;;;/h10-11,14,17-18,20-21,25-28H,5-9,12-13,15H2,1-4H3,(H,36,40);13-14,16,19-20,25-27H,6-12,15,17H2,1-5H3,(H,36,40);11-13,17-18,23-25H,6-10,14-15H2,1-5H3,(H,34,38);;;/q3*-1;;;/t17-,18?,20+,21?,25+,26+,27-,28+;19-,20+,25+,26-,27+,32+;17-,18+,23+,24-,25+,30+;;;/m000.../s1. The minimum absolute atomic E-state index is 0. The molecule has 4 saturated carbocycles. The Balaban J connectivity index is 0.000000183. The van der Waals surface area contributed by atoms with Crippen molar-refractivity contribution in [2.24, 2.45) is 63.6 Å². The van der Waals surface area contributed by atoms with Gasteiger partial charge in [-0.3, -0.25) is 14.4 Å². The van der Waals surface area contributed by atoms with E-state index in [1.54, 1.807) is 36.4 Å². The number of aromatic nitrogens is 6. The molecule has 4 aliphatic carbocycles. The van der Waals surface area contributed by atoms with Gasteiger partial charge < -0.3 is 73.5 Å². The van der Waals surface area contributed by atoms with E-state index in [0.29, 0.717) is 92.2 Å². The van der Waals surface area contributed by atoms with Crippen molar-refractivity contribution in [3.8, 4) is 17.6 Å². The van der Waals surface area contributed by atoms with Gasteiger partial charge in [-0.1, -0.05) is 175 Å². The number of amides is 6. The summed E-state index contributed by atoms with van der Waals surface area (Å²) in [5.41, 5.74) is 3.34. The number of hydrogen-bond donors (Lipinski definition) is 3. The predicted molar refractivity (Wildman–Crippen MR) is 469 cm³/mol. The Bertz CT molecular complexity index is 4930. The quantitative estimate of drug-likeness (QED) is 0.109. The van der Waals surface area contributed by atoms with E-state index >= 15 is 0 Å². The third-order valence-corrected chi connectivity index (χ3v) is 28.5. The van der Waals surface area contributed by atoms with Gasteiger partial charge in [0.1, 0.15) is 70.8 Å². The first-order chi connectivity index (χ1) is 58.8.